The molecule has 2 amide bonds. The Balaban J connectivity index is 1.48. The minimum atomic E-state index is -1.38. The van der Waals surface area contributed by atoms with Crippen LogP contribution in [0.5, 0.6) is 0 Å². The molecule has 12 heteroatoms. The molecule has 1 unspecified atom stereocenters. The first kappa shape index (κ1) is 30.0. The summed E-state index contributed by atoms with van der Waals surface area (Å²) < 4.78 is 20.1. The van der Waals surface area contributed by atoms with Gasteiger partial charge in [-0.25, -0.2) is 14.4 Å². The summed E-state index contributed by atoms with van der Waals surface area (Å²) in [5.74, 6) is -1.10. The van der Waals surface area contributed by atoms with Gasteiger partial charge in [-0.3, -0.25) is 23.8 Å². The molecule has 1 aliphatic rings. The number of anilines is 1. The summed E-state index contributed by atoms with van der Waals surface area (Å²) in [7, 11) is 0. The van der Waals surface area contributed by atoms with Crippen molar-refractivity contribution in [2.45, 2.75) is 19.3 Å². The summed E-state index contributed by atoms with van der Waals surface area (Å²) in [6.07, 6.45) is 1.66. The van der Waals surface area contributed by atoms with Crippen LogP contribution in [0, 0.1) is 5.82 Å². The first-order valence-corrected chi connectivity index (χ1v) is 13.6. The van der Waals surface area contributed by atoms with Gasteiger partial charge >= 0.3 is 0 Å². The van der Waals surface area contributed by atoms with Crippen LogP contribution in [-0.4, -0.2) is 52.1 Å². The van der Waals surface area contributed by atoms with E-state index in [1.807, 2.05) is 12.1 Å². The maximum absolute atomic E-state index is 13.8. The van der Waals surface area contributed by atoms with E-state index in [-0.39, 0.29) is 29.7 Å². The lowest BCUT2D eigenvalue weighted by atomic mass is 10.1. The van der Waals surface area contributed by atoms with Crippen molar-refractivity contribution in [3.8, 4) is 11.4 Å². The third-order valence-corrected chi connectivity index (χ3v) is 6.52. The van der Waals surface area contributed by atoms with Gasteiger partial charge in [-0.2, -0.15) is 5.06 Å². The molecule has 1 aliphatic heterocycles. The van der Waals surface area contributed by atoms with Crippen LogP contribution in [-0.2, 0) is 32.3 Å². The van der Waals surface area contributed by atoms with Crippen LogP contribution in [0.2, 0.25) is 0 Å². The highest BCUT2D eigenvalue weighted by molar-refractivity contribution is 5.89. The fourth-order valence-electron chi connectivity index (χ4n) is 4.39. The van der Waals surface area contributed by atoms with Crippen LogP contribution >= 0.6 is 0 Å². The van der Waals surface area contributed by atoms with E-state index >= 15 is 0 Å². The minimum Gasteiger partial charge on any atom is -0.477 e. The third-order valence-electron chi connectivity index (χ3n) is 6.52. The number of aliphatic imine (C=N–C) groups is 1. The van der Waals surface area contributed by atoms with Gasteiger partial charge in [-0.15, -0.1) is 0 Å². The van der Waals surface area contributed by atoms with E-state index in [1.54, 1.807) is 54.6 Å². The minimum absolute atomic E-state index is 0.0172. The van der Waals surface area contributed by atoms with Gasteiger partial charge in [0, 0.05) is 5.56 Å². The van der Waals surface area contributed by atoms with E-state index < -0.39 is 29.9 Å². The number of aliphatic hydroxyl groups is 1. The smallest absolute Gasteiger partial charge is 0.280 e. The SMILES string of the molecule is O=CN(OCc1ccccc1)c1cnc(-c2ccc(F)cc2)n(CC(=O)NC(=Cc2ccccc2)C(O)C2=NCCO2)c1=O. The lowest BCUT2D eigenvalue weighted by Crippen LogP contribution is -2.39. The summed E-state index contributed by atoms with van der Waals surface area (Å²) in [6, 6.07) is 23.2. The molecule has 44 heavy (non-hydrogen) atoms. The van der Waals surface area contributed by atoms with Gasteiger partial charge in [0.1, 0.15) is 31.4 Å². The summed E-state index contributed by atoms with van der Waals surface area (Å²) in [4.78, 5) is 53.3. The molecule has 3 aromatic carbocycles. The van der Waals surface area contributed by atoms with Crippen molar-refractivity contribution in [2.75, 3.05) is 18.2 Å². The van der Waals surface area contributed by atoms with Gasteiger partial charge in [-0.1, -0.05) is 60.7 Å². The quantitative estimate of drug-likeness (QED) is 0.189. The van der Waals surface area contributed by atoms with Gasteiger partial charge in [0.25, 0.3) is 5.56 Å². The van der Waals surface area contributed by atoms with Crippen molar-refractivity contribution in [1.82, 2.24) is 14.9 Å². The van der Waals surface area contributed by atoms with Crippen LogP contribution in [0.3, 0.4) is 0 Å². The number of carbonyl (C=O) groups excluding carboxylic acids is 2. The number of aliphatic hydroxyl groups excluding tert-OH is 1. The fraction of sp³-hybridized carbons (Fsp3) is 0.156. The number of benzene rings is 3. The van der Waals surface area contributed by atoms with Gasteiger partial charge < -0.3 is 15.2 Å². The van der Waals surface area contributed by atoms with Crippen molar-refractivity contribution in [3.63, 3.8) is 0 Å². The van der Waals surface area contributed by atoms with Crippen LogP contribution < -0.4 is 15.9 Å². The molecule has 0 saturated heterocycles. The lowest BCUT2D eigenvalue weighted by Gasteiger charge is -2.20. The third kappa shape index (κ3) is 7.30. The Morgan fingerprint density at radius 1 is 1.09 bits per heavy atom. The van der Waals surface area contributed by atoms with E-state index in [2.05, 4.69) is 15.3 Å². The monoisotopic (exact) mass is 597 g/mol. The maximum Gasteiger partial charge on any atom is 0.280 e. The number of amides is 2. The van der Waals surface area contributed by atoms with E-state index in [0.29, 0.717) is 30.7 Å². The van der Waals surface area contributed by atoms with Gasteiger partial charge in [0.2, 0.25) is 18.2 Å². The summed E-state index contributed by atoms with van der Waals surface area (Å²) >= 11 is 0. The zero-order chi connectivity index (χ0) is 30.9. The number of aromatic nitrogens is 2. The molecule has 2 N–H and O–H groups in total. The van der Waals surface area contributed by atoms with E-state index in [4.69, 9.17) is 9.57 Å². The van der Waals surface area contributed by atoms with Crippen molar-refractivity contribution >= 4 is 30.0 Å². The first-order chi connectivity index (χ1) is 21.4. The van der Waals surface area contributed by atoms with Gasteiger partial charge in [0.15, 0.2) is 11.8 Å². The molecule has 11 nitrogen and oxygen atoms in total. The van der Waals surface area contributed by atoms with Crippen LogP contribution in [0.15, 0.2) is 107 Å². The fourth-order valence-corrected chi connectivity index (χ4v) is 4.39. The number of hydrogen-bond acceptors (Lipinski definition) is 8. The van der Waals surface area contributed by atoms with Crippen molar-refractivity contribution in [2.24, 2.45) is 4.99 Å². The van der Waals surface area contributed by atoms with Gasteiger partial charge in [0.05, 0.1) is 18.4 Å². The second kappa shape index (κ2) is 14.1. The Kier molecular flexibility index (Phi) is 9.64. The molecule has 0 saturated carbocycles. The largest absolute Gasteiger partial charge is 0.477 e. The molecule has 5 rings (SSSR count). The number of hydrogen-bond donors (Lipinski definition) is 2. The highest BCUT2D eigenvalue weighted by atomic mass is 19.1. The highest BCUT2D eigenvalue weighted by Gasteiger charge is 2.25. The second-order valence-corrected chi connectivity index (χ2v) is 9.58. The summed E-state index contributed by atoms with van der Waals surface area (Å²) in [5, 5.41) is 14.4. The standard InChI is InChI=1S/C32H28FN5O6/c33-25-13-11-24(12-14-25)30-35-18-27(38(21-39)44-20-23-9-5-2-6-10-23)32(42)37(30)19-28(40)36-26(17-22-7-3-1-4-8-22)29(41)31-34-15-16-43-31/h1-14,17-18,21,29,41H,15-16,19-20H2,(H,36,40). The normalized spacial score (nSPS) is 13.5. The molecule has 0 fully saturated rings. The lowest BCUT2D eigenvalue weighted by molar-refractivity contribution is -0.121. The molecular formula is C32H28FN5O6. The molecular weight excluding hydrogens is 569 g/mol. The zero-order valence-corrected chi connectivity index (χ0v) is 23.4. The molecule has 0 bridgehead atoms. The number of hydroxylamine groups is 1. The summed E-state index contributed by atoms with van der Waals surface area (Å²) in [6.45, 7) is 0.0709. The maximum atomic E-state index is 13.8. The second-order valence-electron chi connectivity index (χ2n) is 9.58. The molecule has 0 radical (unpaired) electrons. The molecule has 224 valence electrons. The molecule has 0 aliphatic carbocycles. The van der Waals surface area contributed by atoms with E-state index in [1.165, 1.54) is 24.3 Å². The van der Waals surface area contributed by atoms with Crippen LogP contribution in [0.4, 0.5) is 10.1 Å². The Bertz CT molecular complexity index is 1730. The summed E-state index contributed by atoms with van der Waals surface area (Å²) in [5.41, 5.74) is 0.839. The highest BCUT2D eigenvalue weighted by Crippen LogP contribution is 2.19. The van der Waals surface area contributed by atoms with E-state index in [9.17, 15) is 23.9 Å². The first-order valence-electron chi connectivity index (χ1n) is 13.6. The number of nitrogens with one attached hydrogen (secondary N) is 1. The molecule has 1 atom stereocenters. The molecule has 1 aromatic heterocycles. The number of carbonyl (C=O) groups is 2. The van der Waals surface area contributed by atoms with Gasteiger partial charge in [-0.05, 0) is 41.5 Å². The Morgan fingerprint density at radius 3 is 2.45 bits per heavy atom. The van der Waals surface area contributed by atoms with Crippen molar-refractivity contribution < 1.29 is 28.7 Å². The average Bonchev–Trinajstić information content (AvgIpc) is 3.59. The van der Waals surface area contributed by atoms with Crippen molar-refractivity contribution in [1.29, 1.82) is 0 Å². The predicted octanol–water partition coefficient (Wildman–Crippen LogP) is 3.09. The molecule has 2 heterocycles. The van der Waals surface area contributed by atoms with E-state index in [0.717, 1.165) is 21.4 Å². The molecule has 4 aromatic rings. The Labute approximate surface area is 251 Å². The number of nitrogens with zero attached hydrogens (tertiary/aromatic N) is 4. The number of halogens is 1. The Morgan fingerprint density at radius 2 is 1.80 bits per heavy atom. The topological polar surface area (TPSA) is 135 Å². The Hall–Kier alpha value is -5.46. The zero-order valence-electron chi connectivity index (χ0n) is 23.4. The number of ether oxygens (including phenoxy) is 1. The van der Waals surface area contributed by atoms with Crippen LogP contribution in [0.25, 0.3) is 17.5 Å². The predicted molar refractivity (Wildman–Crippen MR) is 160 cm³/mol. The molecule has 0 spiro atoms. The average molecular weight is 598 g/mol. The van der Waals surface area contributed by atoms with Crippen molar-refractivity contribution in [3.05, 3.63) is 124 Å². The number of rotatable bonds is 12. The van der Waals surface area contributed by atoms with Crippen LogP contribution in [0.1, 0.15) is 11.1 Å².